The van der Waals surface area contributed by atoms with Crippen LogP contribution in [0.2, 0.25) is 0 Å². The summed E-state index contributed by atoms with van der Waals surface area (Å²) < 4.78 is 0. The van der Waals surface area contributed by atoms with Crippen LogP contribution in [-0.2, 0) is 0 Å². The zero-order chi connectivity index (χ0) is 7.68. The largest absolute Gasteiger partial charge is 0.387 e. The molecule has 1 N–H and O–H groups in total. The van der Waals surface area contributed by atoms with Gasteiger partial charge in [0.15, 0.2) is 0 Å². The van der Waals surface area contributed by atoms with E-state index in [1.54, 1.807) is 0 Å². The SMILES string of the molecule is Cc1cccc2c1=CNCC=2. The van der Waals surface area contributed by atoms with Crippen LogP contribution >= 0.6 is 0 Å². The first-order valence-corrected chi connectivity index (χ1v) is 3.87. The van der Waals surface area contributed by atoms with Gasteiger partial charge in [0.2, 0.25) is 0 Å². The summed E-state index contributed by atoms with van der Waals surface area (Å²) in [5.41, 5.74) is 1.34. The summed E-state index contributed by atoms with van der Waals surface area (Å²) in [7, 11) is 0. The van der Waals surface area contributed by atoms with Crippen LogP contribution in [0.5, 0.6) is 0 Å². The van der Waals surface area contributed by atoms with Crippen molar-refractivity contribution < 1.29 is 0 Å². The highest BCUT2D eigenvalue weighted by Crippen LogP contribution is 1.84. The normalized spacial score (nSPS) is 13.9. The molecule has 0 fully saturated rings. The van der Waals surface area contributed by atoms with Crippen LogP contribution in [0.1, 0.15) is 5.56 Å². The molecule has 2 rings (SSSR count). The molecule has 0 unspecified atom stereocenters. The predicted octanol–water partition coefficient (Wildman–Crippen LogP) is 0.117. The maximum atomic E-state index is 3.20. The Bertz CT molecular complexity index is 376. The van der Waals surface area contributed by atoms with Crippen LogP contribution in [0.25, 0.3) is 12.3 Å². The number of benzene rings is 1. The minimum absolute atomic E-state index is 0.955. The lowest BCUT2D eigenvalue weighted by molar-refractivity contribution is 1.05. The van der Waals surface area contributed by atoms with Gasteiger partial charge in [-0.3, -0.25) is 0 Å². The summed E-state index contributed by atoms with van der Waals surface area (Å²) in [4.78, 5) is 0. The molecule has 0 spiro atoms. The molecular weight excluding hydrogens is 134 g/mol. The minimum Gasteiger partial charge on any atom is -0.387 e. The second kappa shape index (κ2) is 2.42. The number of hydrogen-bond donors (Lipinski definition) is 1. The number of hydrogen-bond acceptors (Lipinski definition) is 1. The highest BCUT2D eigenvalue weighted by atomic mass is 14.8. The van der Waals surface area contributed by atoms with Gasteiger partial charge < -0.3 is 5.32 Å². The number of nitrogens with one attached hydrogen (secondary N) is 1. The van der Waals surface area contributed by atoms with Crippen molar-refractivity contribution in [3.05, 3.63) is 34.2 Å². The Morgan fingerprint density at radius 3 is 3.09 bits per heavy atom. The number of aryl methyl sites for hydroxylation is 1. The molecule has 1 heteroatoms. The van der Waals surface area contributed by atoms with Gasteiger partial charge in [0.1, 0.15) is 0 Å². The summed E-state index contributed by atoms with van der Waals surface area (Å²) in [6, 6.07) is 6.39. The topological polar surface area (TPSA) is 12.0 Å². The fourth-order valence-corrected chi connectivity index (χ4v) is 1.41. The van der Waals surface area contributed by atoms with Crippen LogP contribution in [0.15, 0.2) is 18.2 Å². The first kappa shape index (κ1) is 6.47. The second-order valence-electron chi connectivity index (χ2n) is 2.83. The first-order chi connectivity index (χ1) is 5.38. The number of rotatable bonds is 0. The van der Waals surface area contributed by atoms with E-state index in [0.29, 0.717) is 0 Å². The van der Waals surface area contributed by atoms with E-state index in [2.05, 4.69) is 42.7 Å². The standard InChI is InChI=1S/C10H11N/c1-8-3-2-4-9-5-6-11-7-10(8)9/h2-5,7,11H,6H2,1H3. The quantitative estimate of drug-likeness (QED) is 0.546. The molecule has 1 heterocycles. The summed E-state index contributed by atoms with van der Waals surface area (Å²) in [5, 5.41) is 5.88. The van der Waals surface area contributed by atoms with Crippen molar-refractivity contribution in [2.75, 3.05) is 6.54 Å². The molecule has 0 amide bonds. The van der Waals surface area contributed by atoms with E-state index in [4.69, 9.17) is 0 Å². The van der Waals surface area contributed by atoms with E-state index in [1.165, 1.54) is 16.0 Å². The van der Waals surface area contributed by atoms with Gasteiger partial charge in [-0.2, -0.15) is 0 Å². The maximum absolute atomic E-state index is 3.20. The van der Waals surface area contributed by atoms with Crippen molar-refractivity contribution in [1.29, 1.82) is 0 Å². The molecule has 1 aliphatic rings. The maximum Gasteiger partial charge on any atom is 0.0334 e. The predicted molar refractivity (Wildman–Crippen MR) is 47.4 cm³/mol. The third-order valence-corrected chi connectivity index (χ3v) is 2.04. The molecule has 1 aromatic carbocycles. The Kier molecular flexibility index (Phi) is 1.42. The van der Waals surface area contributed by atoms with Gasteiger partial charge in [0.25, 0.3) is 0 Å². The van der Waals surface area contributed by atoms with E-state index in [9.17, 15) is 0 Å². The third-order valence-electron chi connectivity index (χ3n) is 2.04. The van der Waals surface area contributed by atoms with Crippen LogP contribution in [0.3, 0.4) is 0 Å². The fourth-order valence-electron chi connectivity index (χ4n) is 1.41. The van der Waals surface area contributed by atoms with Crippen LogP contribution < -0.4 is 15.8 Å². The van der Waals surface area contributed by atoms with Gasteiger partial charge in [0, 0.05) is 12.7 Å². The smallest absolute Gasteiger partial charge is 0.0334 e. The van der Waals surface area contributed by atoms with Gasteiger partial charge in [-0.1, -0.05) is 24.3 Å². The minimum atomic E-state index is 0.955. The average molecular weight is 145 g/mol. The summed E-state index contributed by atoms with van der Waals surface area (Å²) in [5.74, 6) is 0. The van der Waals surface area contributed by atoms with Crippen molar-refractivity contribution in [3.63, 3.8) is 0 Å². The Hall–Kier alpha value is -1.24. The molecule has 56 valence electrons. The molecule has 0 saturated heterocycles. The molecule has 1 nitrogen and oxygen atoms in total. The molecule has 0 aromatic heterocycles. The van der Waals surface area contributed by atoms with Crippen LogP contribution in [-0.4, -0.2) is 6.54 Å². The number of fused-ring (bicyclic) bond motifs is 1. The molecule has 0 atom stereocenters. The molecule has 0 bridgehead atoms. The molecular formula is C10H11N. The van der Waals surface area contributed by atoms with Crippen LogP contribution in [0, 0.1) is 6.92 Å². The average Bonchev–Trinajstić information content (AvgIpc) is 2.06. The first-order valence-electron chi connectivity index (χ1n) is 3.87. The van der Waals surface area contributed by atoms with Gasteiger partial charge in [-0.15, -0.1) is 0 Å². The Balaban J connectivity index is 2.88. The summed E-state index contributed by atoms with van der Waals surface area (Å²) in [6.07, 6.45) is 4.30. The lowest BCUT2D eigenvalue weighted by Gasteiger charge is -2.03. The Labute approximate surface area is 66.1 Å². The van der Waals surface area contributed by atoms with Gasteiger partial charge in [0.05, 0.1) is 0 Å². The van der Waals surface area contributed by atoms with E-state index in [1.807, 2.05) is 0 Å². The Morgan fingerprint density at radius 2 is 2.27 bits per heavy atom. The molecule has 0 radical (unpaired) electrons. The van der Waals surface area contributed by atoms with Crippen molar-refractivity contribution in [3.8, 4) is 0 Å². The van der Waals surface area contributed by atoms with Gasteiger partial charge >= 0.3 is 0 Å². The highest BCUT2D eigenvalue weighted by Gasteiger charge is 1.92. The Morgan fingerprint density at radius 1 is 1.36 bits per heavy atom. The van der Waals surface area contributed by atoms with Crippen molar-refractivity contribution in [2.45, 2.75) is 6.92 Å². The zero-order valence-corrected chi connectivity index (χ0v) is 6.59. The lowest BCUT2D eigenvalue weighted by Crippen LogP contribution is -2.34. The second-order valence-corrected chi connectivity index (χ2v) is 2.83. The molecule has 11 heavy (non-hydrogen) atoms. The monoisotopic (exact) mass is 145 g/mol. The molecule has 0 saturated carbocycles. The fraction of sp³-hybridized carbons (Fsp3) is 0.200. The summed E-state index contributed by atoms with van der Waals surface area (Å²) >= 11 is 0. The van der Waals surface area contributed by atoms with Crippen molar-refractivity contribution in [2.24, 2.45) is 0 Å². The van der Waals surface area contributed by atoms with E-state index >= 15 is 0 Å². The lowest BCUT2D eigenvalue weighted by atomic mass is 10.1. The molecule has 0 aliphatic carbocycles. The van der Waals surface area contributed by atoms with E-state index in [-0.39, 0.29) is 0 Å². The van der Waals surface area contributed by atoms with E-state index < -0.39 is 0 Å². The van der Waals surface area contributed by atoms with E-state index in [0.717, 1.165) is 6.54 Å². The highest BCUT2D eigenvalue weighted by molar-refractivity contribution is 5.40. The molecule has 1 aliphatic heterocycles. The van der Waals surface area contributed by atoms with Gasteiger partial charge in [-0.05, 0) is 22.9 Å². The zero-order valence-electron chi connectivity index (χ0n) is 6.59. The van der Waals surface area contributed by atoms with Crippen molar-refractivity contribution >= 4 is 12.3 Å². The third kappa shape index (κ3) is 1.03. The van der Waals surface area contributed by atoms with Crippen molar-refractivity contribution in [1.82, 2.24) is 5.32 Å². The van der Waals surface area contributed by atoms with Crippen LogP contribution in [0.4, 0.5) is 0 Å². The van der Waals surface area contributed by atoms with Gasteiger partial charge in [-0.25, -0.2) is 0 Å². The molecule has 1 aromatic rings. The summed E-state index contributed by atoms with van der Waals surface area (Å²) in [6.45, 7) is 3.09.